The van der Waals surface area contributed by atoms with Crippen LogP contribution in [0.15, 0.2) is 91.3 Å². The van der Waals surface area contributed by atoms with Crippen molar-refractivity contribution in [3.63, 3.8) is 0 Å². The quantitative estimate of drug-likeness (QED) is 0.468. The van der Waals surface area contributed by atoms with Gasteiger partial charge in [-0.2, -0.15) is 0 Å². The molecule has 4 aromatic rings. The molecule has 1 nitrogen and oxygen atoms in total. The van der Waals surface area contributed by atoms with Gasteiger partial charge in [0, 0.05) is 17.8 Å². The van der Waals surface area contributed by atoms with Crippen molar-refractivity contribution in [2.24, 2.45) is 0 Å². The Bertz CT molecular complexity index is 921. The summed E-state index contributed by atoms with van der Waals surface area (Å²) in [5, 5.41) is 2.41. The maximum Gasteiger partial charge on any atom is 0.0352 e. The summed E-state index contributed by atoms with van der Waals surface area (Å²) >= 11 is 0. The minimum Gasteiger partial charge on any atom is -0.264 e. The molecule has 22 heavy (non-hydrogen) atoms. The van der Waals surface area contributed by atoms with Gasteiger partial charge in [0.25, 0.3) is 0 Å². The van der Waals surface area contributed by atoms with Crippen LogP contribution in [0.25, 0.3) is 33.0 Å². The molecule has 0 bridgehead atoms. The second-order valence-corrected chi connectivity index (χ2v) is 5.31. The predicted molar refractivity (Wildman–Crippen MR) is 92.6 cm³/mol. The van der Waals surface area contributed by atoms with E-state index in [9.17, 15) is 0 Å². The predicted octanol–water partition coefficient (Wildman–Crippen LogP) is 5.57. The molecule has 0 atom stereocenters. The molecular formula is C21H15N. The molecule has 0 aliphatic carbocycles. The topological polar surface area (TPSA) is 12.9 Å². The van der Waals surface area contributed by atoms with Crippen LogP contribution in [0.3, 0.4) is 0 Å². The van der Waals surface area contributed by atoms with Crippen molar-refractivity contribution in [2.75, 3.05) is 0 Å². The molecule has 0 N–H and O–H groups in total. The van der Waals surface area contributed by atoms with Gasteiger partial charge < -0.3 is 0 Å². The zero-order valence-electron chi connectivity index (χ0n) is 12.1. The normalized spacial score (nSPS) is 10.7. The van der Waals surface area contributed by atoms with E-state index in [-0.39, 0.29) is 0 Å². The van der Waals surface area contributed by atoms with Crippen molar-refractivity contribution in [3.8, 4) is 22.3 Å². The maximum atomic E-state index is 4.30. The van der Waals surface area contributed by atoms with E-state index in [0.717, 1.165) is 0 Å². The highest BCUT2D eigenvalue weighted by Crippen LogP contribution is 2.35. The Morgan fingerprint density at radius 3 is 2.14 bits per heavy atom. The van der Waals surface area contributed by atoms with Crippen LogP contribution in [0.2, 0.25) is 0 Å². The molecule has 3 aromatic carbocycles. The van der Waals surface area contributed by atoms with E-state index < -0.39 is 0 Å². The lowest BCUT2D eigenvalue weighted by atomic mass is 9.92. The molecule has 0 saturated heterocycles. The third-order valence-electron chi connectivity index (χ3n) is 3.99. The Morgan fingerprint density at radius 1 is 0.545 bits per heavy atom. The number of aromatic nitrogens is 1. The van der Waals surface area contributed by atoms with Crippen molar-refractivity contribution in [3.05, 3.63) is 91.3 Å². The van der Waals surface area contributed by atoms with Gasteiger partial charge in [0.2, 0.25) is 0 Å². The summed E-state index contributed by atoms with van der Waals surface area (Å²) in [5.41, 5.74) is 4.95. The lowest BCUT2D eigenvalue weighted by Crippen LogP contribution is -1.87. The molecule has 0 radical (unpaired) electrons. The van der Waals surface area contributed by atoms with E-state index >= 15 is 0 Å². The summed E-state index contributed by atoms with van der Waals surface area (Å²) in [7, 11) is 0. The summed E-state index contributed by atoms with van der Waals surface area (Å²) in [5.74, 6) is 0. The van der Waals surface area contributed by atoms with Gasteiger partial charge >= 0.3 is 0 Å². The molecule has 1 heteroatoms. The maximum absolute atomic E-state index is 4.30. The molecule has 1 heterocycles. The molecule has 1 aromatic heterocycles. The molecule has 4 rings (SSSR count). The van der Waals surface area contributed by atoms with Gasteiger partial charge in [0.05, 0.1) is 0 Å². The van der Waals surface area contributed by atoms with Crippen LogP contribution in [-0.2, 0) is 0 Å². The van der Waals surface area contributed by atoms with E-state index in [1.54, 1.807) is 0 Å². The molecule has 0 fully saturated rings. The van der Waals surface area contributed by atoms with Crippen LogP contribution in [-0.4, -0.2) is 4.98 Å². The third kappa shape index (κ3) is 2.17. The fraction of sp³-hybridized carbons (Fsp3) is 0. The van der Waals surface area contributed by atoms with Gasteiger partial charge in [-0.05, 0) is 33.7 Å². The average molecular weight is 281 g/mol. The molecule has 0 saturated carbocycles. The Balaban J connectivity index is 2.01. The first kappa shape index (κ1) is 12.8. The fourth-order valence-electron chi connectivity index (χ4n) is 2.94. The molecular weight excluding hydrogens is 266 g/mol. The van der Waals surface area contributed by atoms with Gasteiger partial charge in [-0.1, -0.05) is 72.8 Å². The van der Waals surface area contributed by atoms with Crippen LogP contribution < -0.4 is 0 Å². The Kier molecular flexibility index (Phi) is 3.17. The lowest BCUT2D eigenvalue weighted by Gasteiger charge is -2.12. The highest BCUT2D eigenvalue weighted by molar-refractivity contribution is 5.99. The summed E-state index contributed by atoms with van der Waals surface area (Å²) in [6.07, 6.45) is 3.79. The minimum atomic E-state index is 1.19. The number of fused-ring (bicyclic) bond motifs is 1. The van der Waals surface area contributed by atoms with Gasteiger partial charge in [-0.15, -0.1) is 0 Å². The van der Waals surface area contributed by atoms with Crippen molar-refractivity contribution in [1.82, 2.24) is 4.98 Å². The van der Waals surface area contributed by atoms with Crippen LogP contribution in [0, 0.1) is 0 Å². The van der Waals surface area contributed by atoms with Crippen molar-refractivity contribution < 1.29 is 0 Å². The molecule has 104 valence electrons. The Hall–Kier alpha value is -2.93. The molecule has 0 aliphatic heterocycles. The van der Waals surface area contributed by atoms with Gasteiger partial charge in [-0.25, -0.2) is 0 Å². The van der Waals surface area contributed by atoms with E-state index in [2.05, 4.69) is 77.8 Å². The SMILES string of the molecule is c1ccc(-c2ccccc2-c2cccc3ccncc23)cc1. The number of hydrogen-bond donors (Lipinski definition) is 0. The van der Waals surface area contributed by atoms with Crippen LogP contribution >= 0.6 is 0 Å². The summed E-state index contributed by atoms with van der Waals surface area (Å²) in [6, 6.07) is 27.5. The van der Waals surface area contributed by atoms with E-state index in [1.807, 2.05) is 18.5 Å². The van der Waals surface area contributed by atoms with Crippen molar-refractivity contribution in [2.45, 2.75) is 0 Å². The minimum absolute atomic E-state index is 1.19. The van der Waals surface area contributed by atoms with Crippen molar-refractivity contribution >= 4 is 10.8 Å². The monoisotopic (exact) mass is 281 g/mol. The summed E-state index contributed by atoms with van der Waals surface area (Å²) in [6.45, 7) is 0. The first-order chi connectivity index (χ1) is 10.9. The number of nitrogens with zero attached hydrogens (tertiary/aromatic N) is 1. The number of rotatable bonds is 2. The molecule has 0 aliphatic rings. The molecule has 0 unspecified atom stereocenters. The number of benzene rings is 3. The van der Waals surface area contributed by atoms with Crippen molar-refractivity contribution in [1.29, 1.82) is 0 Å². The highest BCUT2D eigenvalue weighted by atomic mass is 14.6. The zero-order valence-corrected chi connectivity index (χ0v) is 12.1. The smallest absolute Gasteiger partial charge is 0.0352 e. The first-order valence-electron chi connectivity index (χ1n) is 7.41. The zero-order chi connectivity index (χ0) is 14.8. The lowest BCUT2D eigenvalue weighted by molar-refractivity contribution is 1.36. The highest BCUT2D eigenvalue weighted by Gasteiger charge is 2.09. The van der Waals surface area contributed by atoms with Gasteiger partial charge in [-0.3, -0.25) is 4.98 Å². The van der Waals surface area contributed by atoms with Crippen LogP contribution in [0.4, 0.5) is 0 Å². The second-order valence-electron chi connectivity index (χ2n) is 5.31. The van der Waals surface area contributed by atoms with E-state index in [4.69, 9.17) is 0 Å². The van der Waals surface area contributed by atoms with Crippen LogP contribution in [0.1, 0.15) is 0 Å². The van der Waals surface area contributed by atoms with Gasteiger partial charge in [0.1, 0.15) is 0 Å². The summed E-state index contributed by atoms with van der Waals surface area (Å²) < 4.78 is 0. The number of hydrogen-bond acceptors (Lipinski definition) is 1. The largest absolute Gasteiger partial charge is 0.264 e. The average Bonchev–Trinajstić information content (AvgIpc) is 2.62. The molecule has 0 spiro atoms. The van der Waals surface area contributed by atoms with Crippen LogP contribution in [0.5, 0.6) is 0 Å². The third-order valence-corrected chi connectivity index (χ3v) is 3.99. The summed E-state index contributed by atoms with van der Waals surface area (Å²) in [4.78, 5) is 4.30. The fourth-order valence-corrected chi connectivity index (χ4v) is 2.94. The Morgan fingerprint density at radius 2 is 1.27 bits per heavy atom. The number of pyridine rings is 1. The van der Waals surface area contributed by atoms with Gasteiger partial charge in [0.15, 0.2) is 0 Å². The standard InChI is InChI=1S/C21H15N/c1-2-7-16(8-3-1)18-10-4-5-11-19(18)20-12-6-9-17-13-14-22-15-21(17)20/h1-15H. The second kappa shape index (κ2) is 5.45. The first-order valence-corrected chi connectivity index (χ1v) is 7.41. The molecule has 0 amide bonds. The van der Waals surface area contributed by atoms with E-state index in [1.165, 1.54) is 33.0 Å². The van der Waals surface area contributed by atoms with E-state index in [0.29, 0.717) is 0 Å². The Labute approximate surface area is 129 Å².